The van der Waals surface area contributed by atoms with Crippen LogP contribution >= 0.6 is 0 Å². The van der Waals surface area contributed by atoms with Gasteiger partial charge in [0.25, 0.3) is 0 Å². The van der Waals surface area contributed by atoms with E-state index in [-0.39, 0.29) is 12.1 Å². The molecule has 0 radical (unpaired) electrons. The summed E-state index contributed by atoms with van der Waals surface area (Å²) in [6, 6.07) is 11.1. The molecular formula is C18H21N3O2. The summed E-state index contributed by atoms with van der Waals surface area (Å²) in [5.74, 6) is 0.732. The summed E-state index contributed by atoms with van der Waals surface area (Å²) in [5.41, 5.74) is 1.65. The molecule has 3 rings (SSSR count). The Bertz CT molecular complexity index is 640. The standard InChI is InChI=1S/C18H21N3O2/c22-18(20-13-14-6-5-11-19-12-14)21-16-9-3-4-10-17(16)23-15-7-1-2-8-15/h3-6,9-12,15H,1-2,7-8,13H2,(H2,20,21,22). The molecule has 0 bridgehead atoms. The van der Waals surface area contributed by atoms with E-state index in [1.807, 2.05) is 36.4 Å². The molecule has 1 fully saturated rings. The largest absolute Gasteiger partial charge is 0.488 e. The molecule has 0 unspecified atom stereocenters. The molecule has 0 atom stereocenters. The number of aromatic nitrogens is 1. The fourth-order valence-electron chi connectivity index (χ4n) is 2.71. The zero-order chi connectivity index (χ0) is 15.9. The summed E-state index contributed by atoms with van der Waals surface area (Å²) in [6.45, 7) is 0.436. The van der Waals surface area contributed by atoms with Crippen LogP contribution in [0.15, 0.2) is 48.8 Å². The SMILES string of the molecule is O=C(NCc1cccnc1)Nc1ccccc1OC1CCCC1. The predicted molar refractivity (Wildman–Crippen MR) is 89.4 cm³/mol. The van der Waals surface area contributed by atoms with Gasteiger partial charge < -0.3 is 15.4 Å². The summed E-state index contributed by atoms with van der Waals surface area (Å²) < 4.78 is 6.02. The van der Waals surface area contributed by atoms with Crippen molar-refractivity contribution in [1.29, 1.82) is 0 Å². The number of hydrogen-bond acceptors (Lipinski definition) is 3. The van der Waals surface area contributed by atoms with Crippen molar-refractivity contribution in [3.63, 3.8) is 0 Å². The number of rotatable bonds is 5. The first-order valence-corrected chi connectivity index (χ1v) is 8.01. The van der Waals surface area contributed by atoms with Crippen LogP contribution in [-0.4, -0.2) is 17.1 Å². The van der Waals surface area contributed by atoms with Crippen molar-refractivity contribution in [2.45, 2.75) is 38.3 Å². The highest BCUT2D eigenvalue weighted by molar-refractivity contribution is 5.90. The number of carbonyl (C=O) groups is 1. The zero-order valence-corrected chi connectivity index (χ0v) is 13.0. The molecule has 0 spiro atoms. The molecule has 5 heteroatoms. The molecule has 1 saturated carbocycles. The second-order valence-corrected chi connectivity index (χ2v) is 5.69. The lowest BCUT2D eigenvalue weighted by molar-refractivity contribution is 0.211. The third-order valence-corrected chi connectivity index (χ3v) is 3.91. The molecule has 1 aromatic carbocycles. The summed E-state index contributed by atoms with van der Waals surface area (Å²) in [5, 5.41) is 5.68. The molecule has 0 aliphatic heterocycles. The van der Waals surface area contributed by atoms with Crippen LogP contribution in [-0.2, 0) is 6.54 Å². The van der Waals surface area contributed by atoms with Gasteiger partial charge in [-0.05, 0) is 49.4 Å². The number of carbonyl (C=O) groups excluding carboxylic acids is 1. The number of nitrogens with zero attached hydrogens (tertiary/aromatic N) is 1. The van der Waals surface area contributed by atoms with Crippen LogP contribution in [0, 0.1) is 0 Å². The van der Waals surface area contributed by atoms with Crippen LogP contribution in [0.4, 0.5) is 10.5 Å². The van der Waals surface area contributed by atoms with Gasteiger partial charge in [0.05, 0.1) is 11.8 Å². The van der Waals surface area contributed by atoms with E-state index in [0.29, 0.717) is 12.2 Å². The Morgan fingerprint density at radius 2 is 2.00 bits per heavy atom. The number of hydrogen-bond donors (Lipinski definition) is 2. The van der Waals surface area contributed by atoms with E-state index in [9.17, 15) is 4.79 Å². The molecule has 1 aliphatic rings. The van der Waals surface area contributed by atoms with Crippen LogP contribution in [0.3, 0.4) is 0 Å². The van der Waals surface area contributed by atoms with Gasteiger partial charge in [0, 0.05) is 18.9 Å². The number of nitrogens with one attached hydrogen (secondary N) is 2. The third-order valence-electron chi connectivity index (χ3n) is 3.91. The van der Waals surface area contributed by atoms with Crippen LogP contribution in [0.2, 0.25) is 0 Å². The van der Waals surface area contributed by atoms with Crippen molar-refractivity contribution in [3.05, 3.63) is 54.4 Å². The average Bonchev–Trinajstić information content (AvgIpc) is 3.09. The highest BCUT2D eigenvalue weighted by Gasteiger charge is 2.18. The molecule has 5 nitrogen and oxygen atoms in total. The van der Waals surface area contributed by atoms with Crippen LogP contribution in [0.5, 0.6) is 5.75 Å². The Hall–Kier alpha value is -2.56. The number of para-hydroxylation sites is 2. The highest BCUT2D eigenvalue weighted by Crippen LogP contribution is 2.29. The quantitative estimate of drug-likeness (QED) is 0.884. The number of ether oxygens (including phenoxy) is 1. The Morgan fingerprint density at radius 3 is 2.78 bits per heavy atom. The molecule has 1 heterocycles. The van der Waals surface area contributed by atoms with Gasteiger partial charge in [-0.15, -0.1) is 0 Å². The van der Waals surface area contributed by atoms with Gasteiger partial charge in [0.2, 0.25) is 0 Å². The minimum Gasteiger partial charge on any atom is -0.488 e. The first-order valence-electron chi connectivity index (χ1n) is 8.01. The highest BCUT2D eigenvalue weighted by atomic mass is 16.5. The zero-order valence-electron chi connectivity index (χ0n) is 13.0. The van der Waals surface area contributed by atoms with Gasteiger partial charge >= 0.3 is 6.03 Å². The fourth-order valence-corrected chi connectivity index (χ4v) is 2.71. The summed E-state index contributed by atoms with van der Waals surface area (Å²) in [7, 11) is 0. The molecule has 0 saturated heterocycles. The summed E-state index contributed by atoms with van der Waals surface area (Å²) >= 11 is 0. The minimum atomic E-state index is -0.253. The van der Waals surface area contributed by atoms with E-state index in [1.165, 1.54) is 12.8 Å². The molecule has 1 aromatic heterocycles. The van der Waals surface area contributed by atoms with Crippen molar-refractivity contribution in [3.8, 4) is 5.75 Å². The lowest BCUT2D eigenvalue weighted by atomic mass is 10.2. The summed E-state index contributed by atoms with van der Waals surface area (Å²) in [4.78, 5) is 16.1. The molecule has 2 aromatic rings. The number of amides is 2. The van der Waals surface area contributed by atoms with E-state index < -0.39 is 0 Å². The van der Waals surface area contributed by atoms with Gasteiger partial charge in [0.15, 0.2) is 0 Å². The van der Waals surface area contributed by atoms with E-state index in [0.717, 1.165) is 24.2 Å². The maximum Gasteiger partial charge on any atom is 0.319 e. The van der Waals surface area contributed by atoms with Crippen molar-refractivity contribution >= 4 is 11.7 Å². The number of anilines is 1. The Labute approximate surface area is 136 Å². The van der Waals surface area contributed by atoms with Crippen molar-refractivity contribution in [2.75, 3.05) is 5.32 Å². The van der Waals surface area contributed by atoms with Gasteiger partial charge in [-0.3, -0.25) is 4.98 Å². The predicted octanol–water partition coefficient (Wildman–Crippen LogP) is 3.72. The van der Waals surface area contributed by atoms with Gasteiger partial charge in [-0.2, -0.15) is 0 Å². The molecule has 2 amide bonds. The van der Waals surface area contributed by atoms with E-state index >= 15 is 0 Å². The number of urea groups is 1. The monoisotopic (exact) mass is 311 g/mol. The molecular weight excluding hydrogens is 290 g/mol. The van der Waals surface area contributed by atoms with Crippen molar-refractivity contribution < 1.29 is 9.53 Å². The van der Waals surface area contributed by atoms with Crippen LogP contribution < -0.4 is 15.4 Å². The summed E-state index contributed by atoms with van der Waals surface area (Å²) in [6.07, 6.45) is 8.30. The Balaban J connectivity index is 1.57. The van der Waals surface area contributed by atoms with Crippen LogP contribution in [0.25, 0.3) is 0 Å². The van der Waals surface area contributed by atoms with E-state index in [1.54, 1.807) is 12.4 Å². The molecule has 1 aliphatic carbocycles. The molecule has 23 heavy (non-hydrogen) atoms. The maximum absolute atomic E-state index is 12.1. The van der Waals surface area contributed by atoms with Crippen LogP contribution in [0.1, 0.15) is 31.2 Å². The fraction of sp³-hybridized carbons (Fsp3) is 0.333. The van der Waals surface area contributed by atoms with Gasteiger partial charge in [0.1, 0.15) is 5.75 Å². The maximum atomic E-state index is 12.1. The van der Waals surface area contributed by atoms with Crippen molar-refractivity contribution in [2.24, 2.45) is 0 Å². The van der Waals surface area contributed by atoms with Crippen molar-refractivity contribution in [1.82, 2.24) is 10.3 Å². The lowest BCUT2D eigenvalue weighted by Gasteiger charge is -2.17. The second kappa shape index (κ2) is 7.63. The topological polar surface area (TPSA) is 63.2 Å². The smallest absolute Gasteiger partial charge is 0.319 e. The molecule has 120 valence electrons. The third kappa shape index (κ3) is 4.45. The number of benzene rings is 1. The second-order valence-electron chi connectivity index (χ2n) is 5.69. The van der Waals surface area contributed by atoms with E-state index in [4.69, 9.17) is 4.74 Å². The Morgan fingerprint density at radius 1 is 1.17 bits per heavy atom. The lowest BCUT2D eigenvalue weighted by Crippen LogP contribution is -2.28. The van der Waals surface area contributed by atoms with E-state index in [2.05, 4.69) is 15.6 Å². The number of pyridine rings is 1. The normalized spacial score (nSPS) is 14.4. The first-order chi connectivity index (χ1) is 11.3. The molecule has 2 N–H and O–H groups in total. The average molecular weight is 311 g/mol. The van der Waals surface area contributed by atoms with Gasteiger partial charge in [-0.1, -0.05) is 18.2 Å². The van der Waals surface area contributed by atoms with Gasteiger partial charge in [-0.25, -0.2) is 4.79 Å². The minimum absolute atomic E-state index is 0.253. The Kier molecular flexibility index (Phi) is 5.09. The first kappa shape index (κ1) is 15.3.